The van der Waals surface area contributed by atoms with Gasteiger partial charge in [0.05, 0.1) is 12.3 Å². The number of aliphatic hydroxyl groups is 1. The van der Waals surface area contributed by atoms with Crippen molar-refractivity contribution in [3.63, 3.8) is 0 Å². The normalized spacial score (nSPS) is 15.2. The zero-order chi connectivity index (χ0) is 28.7. The van der Waals surface area contributed by atoms with E-state index in [2.05, 4.69) is 32.8 Å². The third kappa shape index (κ3) is 7.74. The van der Waals surface area contributed by atoms with E-state index in [1.807, 2.05) is 86.6 Å². The van der Waals surface area contributed by atoms with Crippen LogP contribution in [0.25, 0.3) is 11.1 Å². The number of rotatable bonds is 9. The third-order valence-corrected chi connectivity index (χ3v) is 6.99. The van der Waals surface area contributed by atoms with Gasteiger partial charge in [-0.05, 0) is 6.07 Å². The molecule has 4 rings (SSSR count). The molecule has 3 aromatic rings. The first-order chi connectivity index (χ1) is 19.1. The Morgan fingerprint density at radius 2 is 1.73 bits per heavy atom. The minimum absolute atomic E-state index is 0.116. The standard InChI is InChI=1S/C31H35AsN4O4/c1-31(2,32)19-28(38)34-26-16-15-23-7-3-6-10-27(23)36(29(26)39)20-21-11-13-22(14-12-21)24-8-4-5-9-25(24)35-30(40)33-17-18-37/h3-14,26,37H,15-20H2,1-2H3,(H,34,38)(H2,33,35,40)/t26-/m1/s1. The first-order valence-electron chi connectivity index (χ1n) is 13.4. The minimum atomic E-state index is -0.594. The molecule has 0 aliphatic carbocycles. The molecular weight excluding hydrogens is 567 g/mol. The Labute approximate surface area is 244 Å². The molecule has 1 aliphatic heterocycles. The molecule has 8 nitrogen and oxygen atoms in total. The predicted octanol–water partition coefficient (Wildman–Crippen LogP) is 4.19. The number of carbonyl (C=O) groups is 3. The molecule has 0 saturated carbocycles. The van der Waals surface area contributed by atoms with Crippen LogP contribution in [0.15, 0.2) is 72.8 Å². The molecule has 0 saturated heterocycles. The molecule has 0 spiro atoms. The van der Waals surface area contributed by atoms with E-state index in [9.17, 15) is 14.4 Å². The Morgan fingerprint density at radius 3 is 2.45 bits per heavy atom. The number of hydrogen-bond acceptors (Lipinski definition) is 4. The fourth-order valence-electron chi connectivity index (χ4n) is 4.80. The fourth-order valence-corrected chi connectivity index (χ4v) is 5.10. The van der Waals surface area contributed by atoms with Crippen molar-refractivity contribution in [2.24, 2.45) is 0 Å². The van der Waals surface area contributed by atoms with Crippen molar-refractivity contribution in [2.45, 2.75) is 49.9 Å². The van der Waals surface area contributed by atoms with Gasteiger partial charge in [0.15, 0.2) is 0 Å². The van der Waals surface area contributed by atoms with Crippen LogP contribution in [0, 0.1) is 0 Å². The van der Waals surface area contributed by atoms with Gasteiger partial charge in [-0.2, -0.15) is 0 Å². The summed E-state index contributed by atoms with van der Waals surface area (Å²) in [5.74, 6) is -0.245. The van der Waals surface area contributed by atoms with Gasteiger partial charge in [0.2, 0.25) is 0 Å². The van der Waals surface area contributed by atoms with E-state index in [-0.39, 0.29) is 35.2 Å². The Balaban J connectivity index is 1.55. The number of anilines is 2. The topological polar surface area (TPSA) is 111 Å². The predicted molar refractivity (Wildman–Crippen MR) is 158 cm³/mol. The third-order valence-electron chi connectivity index (χ3n) is 6.66. The van der Waals surface area contributed by atoms with Crippen LogP contribution in [0.3, 0.4) is 0 Å². The molecule has 0 bridgehead atoms. The average molecular weight is 603 g/mol. The quantitative estimate of drug-likeness (QED) is 0.276. The second kappa shape index (κ2) is 13.2. The maximum atomic E-state index is 13.8. The van der Waals surface area contributed by atoms with Gasteiger partial charge in [-0.25, -0.2) is 4.79 Å². The summed E-state index contributed by atoms with van der Waals surface area (Å²) < 4.78 is -0.230. The second-order valence-corrected chi connectivity index (χ2v) is 13.1. The van der Waals surface area contributed by atoms with Gasteiger partial charge >= 0.3 is 175 Å². The van der Waals surface area contributed by atoms with E-state index in [4.69, 9.17) is 5.11 Å². The molecule has 1 atom stereocenters. The van der Waals surface area contributed by atoms with Gasteiger partial charge in [-0.15, -0.1) is 0 Å². The van der Waals surface area contributed by atoms with Crippen LogP contribution in [0.5, 0.6) is 0 Å². The number of urea groups is 1. The number of nitrogens with one attached hydrogen (secondary N) is 3. The Bertz CT molecular complexity index is 1350. The zero-order valence-corrected chi connectivity index (χ0v) is 24.7. The molecule has 1 heterocycles. The fraction of sp³-hybridized carbons (Fsp3) is 0.323. The number of aryl methyl sites for hydroxylation is 1. The van der Waals surface area contributed by atoms with E-state index in [1.165, 1.54) is 0 Å². The summed E-state index contributed by atoms with van der Waals surface area (Å²) in [6, 6.07) is 22.3. The van der Waals surface area contributed by atoms with Crippen LogP contribution in [0.2, 0.25) is 4.20 Å². The van der Waals surface area contributed by atoms with Crippen molar-refractivity contribution in [1.82, 2.24) is 10.6 Å². The van der Waals surface area contributed by atoms with Crippen molar-refractivity contribution in [1.29, 1.82) is 0 Å². The summed E-state index contributed by atoms with van der Waals surface area (Å²) in [5.41, 5.74) is 5.30. The van der Waals surface area contributed by atoms with Gasteiger partial charge in [-0.1, -0.05) is 18.2 Å². The molecule has 0 unspecified atom stereocenters. The van der Waals surface area contributed by atoms with Gasteiger partial charge in [-0.3, -0.25) is 0 Å². The molecule has 4 N–H and O–H groups in total. The SMILES string of the molecule is CC(C)([As])CC(=O)N[C@@H]1CCc2ccccc2N(Cc2ccc(-c3ccccc3NC(=O)NCCO)cc2)C1=O. The Morgan fingerprint density at radius 1 is 1.02 bits per heavy atom. The van der Waals surface area contributed by atoms with Crippen LogP contribution in [0.1, 0.15) is 37.8 Å². The van der Waals surface area contributed by atoms with Crippen LogP contribution in [0.4, 0.5) is 16.2 Å². The number of carbonyl (C=O) groups excluding carboxylic acids is 3. The number of benzene rings is 3. The molecule has 0 aromatic heterocycles. The number of amides is 4. The van der Waals surface area contributed by atoms with Gasteiger partial charge in [0.25, 0.3) is 0 Å². The number of fused-ring (bicyclic) bond motifs is 1. The first kappa shape index (κ1) is 29.4. The number of aliphatic hydroxyl groups excluding tert-OH is 1. The summed E-state index contributed by atoms with van der Waals surface area (Å²) in [6.07, 6.45) is 1.57. The van der Waals surface area contributed by atoms with Gasteiger partial charge < -0.3 is 15.7 Å². The van der Waals surface area contributed by atoms with Crippen molar-refractivity contribution in [3.8, 4) is 11.1 Å². The Hall–Kier alpha value is -3.61. The molecule has 4 amide bonds. The zero-order valence-electron chi connectivity index (χ0n) is 22.8. The molecule has 3 aromatic carbocycles. The van der Waals surface area contributed by atoms with E-state index < -0.39 is 6.04 Å². The average Bonchev–Trinajstić information content (AvgIpc) is 3.04. The van der Waals surface area contributed by atoms with E-state index in [0.29, 0.717) is 31.5 Å². The van der Waals surface area contributed by atoms with Gasteiger partial charge in [0, 0.05) is 12.1 Å². The maximum absolute atomic E-state index is 13.8. The number of nitrogens with zero attached hydrogens (tertiary/aromatic N) is 1. The summed E-state index contributed by atoms with van der Waals surface area (Å²) in [6.45, 7) is 4.36. The van der Waals surface area contributed by atoms with Crippen LogP contribution in [-0.4, -0.2) is 59.0 Å². The number of hydrogen-bond donors (Lipinski definition) is 4. The Kier molecular flexibility index (Phi) is 9.66. The van der Waals surface area contributed by atoms with E-state index in [1.54, 1.807) is 4.90 Å². The van der Waals surface area contributed by atoms with Gasteiger partial charge in [0.1, 0.15) is 0 Å². The van der Waals surface area contributed by atoms with Crippen LogP contribution >= 0.6 is 0 Å². The van der Waals surface area contributed by atoms with Crippen molar-refractivity contribution in [2.75, 3.05) is 23.4 Å². The van der Waals surface area contributed by atoms with Crippen molar-refractivity contribution < 1.29 is 19.5 Å². The molecule has 1 aliphatic rings. The van der Waals surface area contributed by atoms with E-state index in [0.717, 1.165) is 27.9 Å². The molecule has 0 fully saturated rings. The summed E-state index contributed by atoms with van der Waals surface area (Å²) >= 11 is 2.51. The molecule has 208 valence electrons. The van der Waals surface area contributed by atoms with Crippen LogP contribution in [-0.2, 0) is 22.6 Å². The monoisotopic (exact) mass is 602 g/mol. The summed E-state index contributed by atoms with van der Waals surface area (Å²) in [7, 11) is 0. The number of para-hydroxylation sites is 2. The molecule has 40 heavy (non-hydrogen) atoms. The molecule has 9 heteroatoms. The first-order valence-corrected chi connectivity index (χ1v) is 14.3. The molecule has 2 radical (unpaired) electrons. The molecular formula is C31H35AsN4O4. The van der Waals surface area contributed by atoms with Crippen LogP contribution < -0.4 is 20.9 Å². The van der Waals surface area contributed by atoms with Crippen molar-refractivity contribution >= 4 is 46.1 Å². The summed E-state index contributed by atoms with van der Waals surface area (Å²) in [4.78, 5) is 40.4. The summed E-state index contributed by atoms with van der Waals surface area (Å²) in [5, 5.41) is 17.4. The van der Waals surface area contributed by atoms with E-state index >= 15 is 0 Å². The second-order valence-electron chi connectivity index (χ2n) is 10.5. The van der Waals surface area contributed by atoms with Crippen molar-refractivity contribution in [3.05, 3.63) is 83.9 Å².